The van der Waals surface area contributed by atoms with E-state index >= 15 is 0 Å². The molecule has 0 bridgehead atoms. The van der Waals surface area contributed by atoms with Crippen molar-refractivity contribution < 1.29 is 19.3 Å². The second kappa shape index (κ2) is 11.9. The molecule has 1 unspecified atom stereocenters. The smallest absolute Gasteiger partial charge is 0.160 e. The summed E-state index contributed by atoms with van der Waals surface area (Å²) in [5.74, 6) is 2.24. The minimum Gasteiger partial charge on any atom is -0.497 e. The molecule has 6 heteroatoms. The molecule has 0 aliphatic rings. The zero-order valence-electron chi connectivity index (χ0n) is 19.6. The van der Waals surface area contributed by atoms with Crippen LogP contribution in [0.1, 0.15) is 29.7 Å². The van der Waals surface area contributed by atoms with Gasteiger partial charge in [0.15, 0.2) is 11.5 Å². The Balaban J connectivity index is 1.81. The van der Waals surface area contributed by atoms with Crippen LogP contribution in [0.25, 0.3) is 0 Å². The molecular weight excluding hydrogens is 438 g/mol. The van der Waals surface area contributed by atoms with Gasteiger partial charge in [-0.15, -0.1) is 0 Å². The number of nitrogens with zero attached hydrogens (tertiary/aromatic N) is 1. The largest absolute Gasteiger partial charge is 0.497 e. The van der Waals surface area contributed by atoms with E-state index in [0.717, 1.165) is 28.9 Å². The van der Waals surface area contributed by atoms with E-state index in [0.29, 0.717) is 29.6 Å². The molecule has 0 saturated heterocycles. The van der Waals surface area contributed by atoms with Gasteiger partial charge in [-0.3, -0.25) is 4.90 Å². The highest BCUT2D eigenvalue weighted by Crippen LogP contribution is 2.29. The van der Waals surface area contributed by atoms with Crippen LogP contribution in [0.2, 0.25) is 5.02 Å². The second-order valence-corrected chi connectivity index (χ2v) is 8.53. The van der Waals surface area contributed by atoms with Gasteiger partial charge >= 0.3 is 0 Å². The molecular formula is C27H32ClNO4. The van der Waals surface area contributed by atoms with Crippen molar-refractivity contribution in [3.63, 3.8) is 0 Å². The molecule has 176 valence electrons. The van der Waals surface area contributed by atoms with Crippen LogP contribution in [-0.4, -0.2) is 43.9 Å². The lowest BCUT2D eigenvalue weighted by Gasteiger charge is -2.31. The Hall–Kier alpha value is -2.73. The van der Waals surface area contributed by atoms with Gasteiger partial charge in [-0.25, -0.2) is 0 Å². The first-order chi connectivity index (χ1) is 15.9. The number of methoxy groups -OCH3 is 3. The van der Waals surface area contributed by atoms with Crippen molar-refractivity contribution in [3.8, 4) is 17.2 Å². The van der Waals surface area contributed by atoms with E-state index in [1.54, 1.807) is 21.3 Å². The van der Waals surface area contributed by atoms with Crippen molar-refractivity contribution in [2.45, 2.75) is 32.0 Å². The topological polar surface area (TPSA) is 51.2 Å². The third-order valence-corrected chi connectivity index (χ3v) is 6.02. The Bertz CT molecular complexity index is 1020. The van der Waals surface area contributed by atoms with Crippen LogP contribution in [0, 0.1) is 0 Å². The van der Waals surface area contributed by atoms with Crippen LogP contribution in [-0.2, 0) is 13.0 Å². The Morgan fingerprint density at radius 1 is 0.848 bits per heavy atom. The molecule has 33 heavy (non-hydrogen) atoms. The third-order valence-electron chi connectivity index (χ3n) is 5.79. The molecule has 0 aromatic heterocycles. The maximum Gasteiger partial charge on any atom is 0.160 e. The average Bonchev–Trinajstić information content (AvgIpc) is 2.83. The molecule has 0 heterocycles. The summed E-state index contributed by atoms with van der Waals surface area (Å²) in [6, 6.07) is 21.6. The molecule has 3 rings (SSSR count). The zero-order valence-corrected chi connectivity index (χ0v) is 20.4. The number of aliphatic hydroxyl groups excluding tert-OH is 1. The average molecular weight is 470 g/mol. The number of aliphatic hydroxyl groups is 1. The molecule has 3 aromatic carbocycles. The van der Waals surface area contributed by atoms with Crippen LogP contribution < -0.4 is 14.2 Å². The molecule has 0 aliphatic heterocycles. The normalized spacial score (nSPS) is 12.9. The highest BCUT2D eigenvalue weighted by Gasteiger charge is 2.20. The Labute approximate surface area is 201 Å². The molecule has 0 amide bonds. The van der Waals surface area contributed by atoms with Gasteiger partial charge in [0.05, 0.1) is 27.4 Å². The summed E-state index contributed by atoms with van der Waals surface area (Å²) in [4.78, 5) is 2.28. The lowest BCUT2D eigenvalue weighted by atomic mass is 10.0. The van der Waals surface area contributed by atoms with Crippen molar-refractivity contribution in [1.29, 1.82) is 0 Å². The number of halogens is 1. The predicted molar refractivity (Wildman–Crippen MR) is 133 cm³/mol. The molecule has 0 saturated carbocycles. The van der Waals surface area contributed by atoms with Gasteiger partial charge in [0, 0.05) is 24.2 Å². The van der Waals surface area contributed by atoms with E-state index in [4.69, 9.17) is 25.8 Å². The Kier molecular flexibility index (Phi) is 9.01. The fourth-order valence-electron chi connectivity index (χ4n) is 3.89. The summed E-state index contributed by atoms with van der Waals surface area (Å²) in [7, 11) is 4.93. The van der Waals surface area contributed by atoms with E-state index in [-0.39, 0.29) is 6.04 Å². The van der Waals surface area contributed by atoms with Crippen LogP contribution in [0.5, 0.6) is 17.2 Å². The first-order valence-electron chi connectivity index (χ1n) is 10.9. The highest BCUT2D eigenvalue weighted by atomic mass is 35.5. The third kappa shape index (κ3) is 6.87. The fraction of sp³-hybridized carbons (Fsp3) is 0.333. The molecule has 0 radical (unpaired) electrons. The monoisotopic (exact) mass is 469 g/mol. The van der Waals surface area contributed by atoms with Crippen LogP contribution >= 0.6 is 11.6 Å². The standard InChI is InChI=1S/C27H32ClNO4/c1-19(14-21-10-13-26(32-3)27(15-21)33-4)29(17-20-8-11-24(31-2)12-9-20)18-25(30)22-6-5-7-23(28)16-22/h5-13,15-16,19,25,30H,14,17-18H2,1-4H3/t19?,25-/m0/s1. The first-order valence-corrected chi connectivity index (χ1v) is 11.3. The summed E-state index contributed by atoms with van der Waals surface area (Å²) < 4.78 is 16.1. The molecule has 2 atom stereocenters. The number of hydrogen-bond acceptors (Lipinski definition) is 5. The lowest BCUT2D eigenvalue weighted by molar-refractivity contribution is 0.0859. The number of rotatable bonds is 11. The summed E-state index contributed by atoms with van der Waals surface area (Å²) >= 11 is 6.15. The van der Waals surface area contributed by atoms with Crippen molar-refractivity contribution in [2.75, 3.05) is 27.9 Å². The van der Waals surface area contributed by atoms with Crippen molar-refractivity contribution in [3.05, 3.63) is 88.4 Å². The minimum atomic E-state index is -0.658. The highest BCUT2D eigenvalue weighted by molar-refractivity contribution is 6.30. The van der Waals surface area contributed by atoms with Gasteiger partial charge in [0.25, 0.3) is 0 Å². The van der Waals surface area contributed by atoms with Gasteiger partial charge in [0.2, 0.25) is 0 Å². The van der Waals surface area contributed by atoms with Crippen LogP contribution in [0.15, 0.2) is 66.7 Å². The van der Waals surface area contributed by atoms with Gasteiger partial charge in [0.1, 0.15) is 5.75 Å². The van der Waals surface area contributed by atoms with E-state index in [9.17, 15) is 5.11 Å². The zero-order chi connectivity index (χ0) is 23.8. The number of hydrogen-bond donors (Lipinski definition) is 1. The molecule has 0 spiro atoms. The maximum atomic E-state index is 11.0. The SMILES string of the molecule is COc1ccc(CN(C[C@H](O)c2cccc(Cl)c2)C(C)Cc2ccc(OC)c(OC)c2)cc1. The first kappa shape index (κ1) is 24.9. The van der Waals surface area contributed by atoms with Crippen LogP contribution in [0.4, 0.5) is 0 Å². The van der Waals surface area contributed by atoms with Gasteiger partial charge in [-0.05, 0) is 66.4 Å². The summed E-state index contributed by atoms with van der Waals surface area (Å²) in [6.45, 7) is 3.34. The summed E-state index contributed by atoms with van der Waals surface area (Å²) in [5, 5.41) is 11.6. The minimum absolute atomic E-state index is 0.152. The Morgan fingerprint density at radius 3 is 2.18 bits per heavy atom. The van der Waals surface area contributed by atoms with Gasteiger partial charge < -0.3 is 19.3 Å². The van der Waals surface area contributed by atoms with Gasteiger partial charge in [-0.2, -0.15) is 0 Å². The van der Waals surface area contributed by atoms with E-state index < -0.39 is 6.10 Å². The Morgan fingerprint density at radius 2 is 1.55 bits per heavy atom. The van der Waals surface area contributed by atoms with E-state index in [1.807, 2.05) is 48.5 Å². The van der Waals surface area contributed by atoms with Gasteiger partial charge in [-0.1, -0.05) is 41.9 Å². The number of benzene rings is 3. The molecule has 0 aliphatic carbocycles. The molecule has 5 nitrogen and oxygen atoms in total. The lowest BCUT2D eigenvalue weighted by Crippen LogP contribution is -2.37. The van der Waals surface area contributed by atoms with Crippen molar-refractivity contribution in [1.82, 2.24) is 4.90 Å². The van der Waals surface area contributed by atoms with E-state index in [2.05, 4.69) is 30.0 Å². The molecule has 1 N–H and O–H groups in total. The second-order valence-electron chi connectivity index (χ2n) is 8.09. The quantitative estimate of drug-likeness (QED) is 0.400. The molecule has 3 aromatic rings. The van der Waals surface area contributed by atoms with Crippen molar-refractivity contribution in [2.24, 2.45) is 0 Å². The van der Waals surface area contributed by atoms with Crippen LogP contribution in [0.3, 0.4) is 0 Å². The fourth-order valence-corrected chi connectivity index (χ4v) is 4.08. The van der Waals surface area contributed by atoms with Crippen molar-refractivity contribution >= 4 is 11.6 Å². The summed E-state index contributed by atoms with van der Waals surface area (Å²) in [6.07, 6.45) is 0.133. The van der Waals surface area contributed by atoms with E-state index in [1.165, 1.54) is 0 Å². The summed E-state index contributed by atoms with van der Waals surface area (Å²) in [5.41, 5.74) is 3.09. The maximum absolute atomic E-state index is 11.0. The predicted octanol–water partition coefficient (Wildman–Crippen LogP) is 5.53. The molecule has 0 fully saturated rings. The number of ether oxygens (including phenoxy) is 3.